The van der Waals surface area contributed by atoms with Gasteiger partial charge >= 0.3 is 11.9 Å². The fourth-order valence-corrected chi connectivity index (χ4v) is 1.44. The fraction of sp³-hybridized carbons (Fsp3) is 0.143. The van der Waals surface area contributed by atoms with Gasteiger partial charge in [0, 0.05) is 0 Å². The van der Waals surface area contributed by atoms with Crippen molar-refractivity contribution in [3.05, 3.63) is 20.7 Å². The fourth-order valence-electron chi connectivity index (χ4n) is 0.976. The SMILES string of the molecule is CC1=C2OC(=O)C(I)=C2OC1=O. The minimum Gasteiger partial charge on any atom is -0.418 e. The highest BCUT2D eigenvalue weighted by atomic mass is 127. The van der Waals surface area contributed by atoms with Crippen molar-refractivity contribution in [3.63, 3.8) is 0 Å². The zero-order valence-corrected chi connectivity index (χ0v) is 8.17. The van der Waals surface area contributed by atoms with Crippen molar-refractivity contribution in [3.8, 4) is 0 Å². The van der Waals surface area contributed by atoms with Crippen LogP contribution in [0.15, 0.2) is 20.7 Å². The Balaban J connectivity index is 2.59. The number of esters is 2. The van der Waals surface area contributed by atoms with Crippen molar-refractivity contribution in [1.82, 2.24) is 0 Å². The molecule has 5 heteroatoms. The molecule has 0 N–H and O–H groups in total. The van der Waals surface area contributed by atoms with Crippen LogP contribution in [-0.4, -0.2) is 11.9 Å². The Bertz CT molecular complexity index is 328. The predicted octanol–water partition coefficient (Wildman–Crippen LogP) is 1.02. The van der Waals surface area contributed by atoms with Gasteiger partial charge in [-0.2, -0.15) is 0 Å². The molecule has 0 atom stereocenters. The minimum atomic E-state index is -0.451. The highest BCUT2D eigenvalue weighted by Gasteiger charge is 2.39. The highest BCUT2D eigenvalue weighted by molar-refractivity contribution is 14.1. The highest BCUT2D eigenvalue weighted by Crippen LogP contribution is 2.37. The van der Waals surface area contributed by atoms with Crippen LogP contribution in [0.4, 0.5) is 0 Å². The lowest BCUT2D eigenvalue weighted by Gasteiger charge is -1.91. The number of hydrogen-bond donors (Lipinski definition) is 0. The third-order valence-corrected chi connectivity index (χ3v) is 2.55. The molecule has 62 valence electrons. The summed E-state index contributed by atoms with van der Waals surface area (Å²) in [6.45, 7) is 1.56. The minimum absolute atomic E-state index is 0.267. The Labute approximate surface area is 81.4 Å². The lowest BCUT2D eigenvalue weighted by molar-refractivity contribution is -0.133. The standard InChI is InChI=1S/C7H3IO4/c1-2-4-5(12-6(2)9)3(8)7(10)11-4/h1H3. The molecule has 2 heterocycles. The topological polar surface area (TPSA) is 52.6 Å². The Morgan fingerprint density at radius 1 is 1.08 bits per heavy atom. The van der Waals surface area contributed by atoms with E-state index in [1.165, 1.54) is 0 Å². The van der Waals surface area contributed by atoms with E-state index in [2.05, 4.69) is 0 Å². The van der Waals surface area contributed by atoms with Crippen LogP contribution in [-0.2, 0) is 19.1 Å². The Morgan fingerprint density at radius 2 is 1.67 bits per heavy atom. The Morgan fingerprint density at radius 3 is 2.25 bits per heavy atom. The number of carbonyl (C=O) groups is 2. The van der Waals surface area contributed by atoms with Gasteiger partial charge in [0.1, 0.15) is 3.58 Å². The maximum absolute atomic E-state index is 10.9. The number of rotatable bonds is 0. The monoisotopic (exact) mass is 278 g/mol. The van der Waals surface area contributed by atoms with Crippen LogP contribution in [0.25, 0.3) is 0 Å². The molecule has 0 radical (unpaired) electrons. The predicted molar refractivity (Wildman–Crippen MR) is 45.9 cm³/mol. The van der Waals surface area contributed by atoms with Crippen molar-refractivity contribution < 1.29 is 19.1 Å². The quantitative estimate of drug-likeness (QED) is 0.490. The van der Waals surface area contributed by atoms with Crippen LogP contribution in [0.1, 0.15) is 6.92 Å². The average molecular weight is 278 g/mol. The van der Waals surface area contributed by atoms with Crippen molar-refractivity contribution >= 4 is 34.5 Å². The van der Waals surface area contributed by atoms with Crippen molar-refractivity contribution in [2.24, 2.45) is 0 Å². The maximum Gasteiger partial charge on any atom is 0.353 e. The summed E-state index contributed by atoms with van der Waals surface area (Å²) in [7, 11) is 0. The zero-order chi connectivity index (χ0) is 8.88. The first-order valence-electron chi connectivity index (χ1n) is 3.16. The molecule has 12 heavy (non-hydrogen) atoms. The molecule has 0 bridgehead atoms. The molecule has 0 aromatic heterocycles. The van der Waals surface area contributed by atoms with Gasteiger partial charge in [0.05, 0.1) is 5.57 Å². The van der Waals surface area contributed by atoms with Gasteiger partial charge in [0.15, 0.2) is 11.5 Å². The van der Waals surface area contributed by atoms with Gasteiger partial charge in [-0.3, -0.25) is 0 Å². The van der Waals surface area contributed by atoms with Crippen molar-refractivity contribution in [2.75, 3.05) is 0 Å². The summed E-state index contributed by atoms with van der Waals surface area (Å²) in [4.78, 5) is 21.9. The second-order valence-corrected chi connectivity index (χ2v) is 3.46. The van der Waals surface area contributed by atoms with Gasteiger partial charge in [-0.15, -0.1) is 0 Å². The molecule has 0 amide bonds. The van der Waals surface area contributed by atoms with E-state index in [1.807, 2.05) is 0 Å². The summed E-state index contributed by atoms with van der Waals surface area (Å²) in [5.74, 6) is -0.355. The zero-order valence-electron chi connectivity index (χ0n) is 6.01. The Hall–Kier alpha value is -0.850. The molecule has 2 rings (SSSR count). The largest absolute Gasteiger partial charge is 0.418 e. The first kappa shape index (κ1) is 7.78. The molecule has 2 aliphatic rings. The second kappa shape index (κ2) is 2.32. The van der Waals surface area contributed by atoms with E-state index in [0.717, 1.165) is 0 Å². The molecular weight excluding hydrogens is 275 g/mol. The van der Waals surface area contributed by atoms with E-state index in [1.54, 1.807) is 29.5 Å². The molecule has 0 aliphatic carbocycles. The second-order valence-electron chi connectivity index (χ2n) is 2.38. The van der Waals surface area contributed by atoms with Gasteiger partial charge in [0.25, 0.3) is 0 Å². The van der Waals surface area contributed by atoms with Crippen LogP contribution < -0.4 is 0 Å². The molecule has 0 saturated carbocycles. The van der Waals surface area contributed by atoms with E-state index < -0.39 is 11.9 Å². The van der Waals surface area contributed by atoms with Gasteiger partial charge in [0.2, 0.25) is 0 Å². The van der Waals surface area contributed by atoms with Crippen molar-refractivity contribution in [2.45, 2.75) is 6.92 Å². The molecule has 4 nitrogen and oxygen atoms in total. The van der Waals surface area contributed by atoms with E-state index in [-0.39, 0.29) is 11.5 Å². The van der Waals surface area contributed by atoms with Crippen LogP contribution in [0.5, 0.6) is 0 Å². The summed E-state index contributed by atoms with van der Waals surface area (Å²) in [5, 5.41) is 0. The molecule has 0 aromatic carbocycles. The molecule has 2 aliphatic heterocycles. The third kappa shape index (κ3) is 0.825. The third-order valence-electron chi connectivity index (χ3n) is 1.62. The van der Waals surface area contributed by atoms with E-state index in [9.17, 15) is 9.59 Å². The van der Waals surface area contributed by atoms with Crippen LogP contribution in [0, 0.1) is 0 Å². The van der Waals surface area contributed by atoms with Crippen LogP contribution in [0.2, 0.25) is 0 Å². The summed E-state index contributed by atoms with van der Waals surface area (Å²) in [6, 6.07) is 0. The summed E-state index contributed by atoms with van der Waals surface area (Å²) in [6.07, 6.45) is 0. The van der Waals surface area contributed by atoms with E-state index in [4.69, 9.17) is 9.47 Å². The van der Waals surface area contributed by atoms with Crippen LogP contribution >= 0.6 is 22.6 Å². The van der Waals surface area contributed by atoms with Crippen LogP contribution in [0.3, 0.4) is 0 Å². The average Bonchev–Trinajstić information content (AvgIpc) is 2.43. The van der Waals surface area contributed by atoms with Crippen molar-refractivity contribution in [1.29, 1.82) is 0 Å². The summed E-state index contributed by atoms with van der Waals surface area (Å²) in [5.41, 5.74) is 0.352. The first-order chi connectivity index (χ1) is 5.61. The van der Waals surface area contributed by atoms with E-state index in [0.29, 0.717) is 9.15 Å². The normalized spacial score (nSPS) is 21.5. The number of ether oxygens (including phenoxy) is 2. The number of hydrogen-bond acceptors (Lipinski definition) is 4. The molecule has 0 unspecified atom stereocenters. The number of carbonyl (C=O) groups excluding carboxylic acids is 2. The smallest absolute Gasteiger partial charge is 0.353 e. The lowest BCUT2D eigenvalue weighted by atomic mass is 10.3. The van der Waals surface area contributed by atoms with Gasteiger partial charge in [-0.1, -0.05) is 0 Å². The van der Waals surface area contributed by atoms with Gasteiger partial charge in [-0.05, 0) is 29.5 Å². The maximum atomic E-state index is 10.9. The Kier molecular flexibility index (Phi) is 1.50. The molecule has 0 saturated heterocycles. The summed E-state index contributed by atoms with van der Waals surface area (Å²) >= 11 is 1.79. The molecule has 0 fully saturated rings. The van der Waals surface area contributed by atoms with E-state index >= 15 is 0 Å². The molecule has 0 spiro atoms. The summed E-state index contributed by atoms with van der Waals surface area (Å²) < 4.78 is 9.91. The first-order valence-corrected chi connectivity index (χ1v) is 4.24. The van der Waals surface area contributed by atoms with Gasteiger partial charge in [-0.25, -0.2) is 9.59 Å². The number of fused-ring (bicyclic) bond motifs is 1. The molecular formula is C7H3IO4. The molecule has 0 aromatic rings. The lowest BCUT2D eigenvalue weighted by Crippen LogP contribution is -2.00. The van der Waals surface area contributed by atoms with Gasteiger partial charge < -0.3 is 9.47 Å². The number of halogens is 1.